The average molecular weight is 468 g/mol. The van der Waals surface area contributed by atoms with E-state index in [9.17, 15) is 5.26 Å². The summed E-state index contributed by atoms with van der Waals surface area (Å²) in [6.45, 7) is 17.9. The quantitative estimate of drug-likeness (QED) is 0.116. The van der Waals surface area contributed by atoms with E-state index in [1.807, 2.05) is 57.3 Å². The van der Waals surface area contributed by atoms with Crippen LogP contribution in [0.3, 0.4) is 0 Å². The molecular weight excluding hydrogens is 426 g/mol. The summed E-state index contributed by atoms with van der Waals surface area (Å²) >= 11 is 0. The van der Waals surface area contributed by atoms with Gasteiger partial charge in [-0.3, -0.25) is 9.98 Å². The lowest BCUT2D eigenvalue weighted by atomic mass is 9.98. The van der Waals surface area contributed by atoms with Crippen molar-refractivity contribution in [3.05, 3.63) is 108 Å². The summed E-state index contributed by atoms with van der Waals surface area (Å²) in [6.07, 6.45) is 19.7. The van der Waals surface area contributed by atoms with Gasteiger partial charge in [-0.1, -0.05) is 54.7 Å². The van der Waals surface area contributed by atoms with Crippen molar-refractivity contribution in [1.82, 2.24) is 0 Å². The van der Waals surface area contributed by atoms with E-state index in [-0.39, 0.29) is 0 Å². The molecule has 0 saturated heterocycles. The predicted molar refractivity (Wildman–Crippen MR) is 154 cm³/mol. The van der Waals surface area contributed by atoms with Crippen LogP contribution in [0.5, 0.6) is 0 Å². The number of hydrogen-bond donors (Lipinski definition) is 0. The fourth-order valence-electron chi connectivity index (χ4n) is 3.45. The molecule has 0 unspecified atom stereocenters. The molecule has 0 aliphatic rings. The summed E-state index contributed by atoms with van der Waals surface area (Å²) in [5.41, 5.74) is 8.33. The molecule has 3 nitrogen and oxygen atoms in total. The van der Waals surface area contributed by atoms with Crippen LogP contribution in [-0.2, 0) is 6.42 Å². The van der Waals surface area contributed by atoms with Gasteiger partial charge in [0.25, 0.3) is 0 Å². The Morgan fingerprint density at radius 2 is 1.89 bits per heavy atom. The molecule has 3 heteroatoms. The van der Waals surface area contributed by atoms with E-state index in [1.165, 1.54) is 5.57 Å². The van der Waals surface area contributed by atoms with Crippen molar-refractivity contribution < 1.29 is 0 Å². The molecule has 35 heavy (non-hydrogen) atoms. The van der Waals surface area contributed by atoms with E-state index >= 15 is 0 Å². The molecule has 0 amide bonds. The number of nitriles is 1. The van der Waals surface area contributed by atoms with Gasteiger partial charge >= 0.3 is 0 Å². The summed E-state index contributed by atoms with van der Waals surface area (Å²) in [5.74, 6) is 0. The maximum atomic E-state index is 9.39. The minimum atomic E-state index is 0.661. The number of unbranched alkanes of at least 4 members (excludes halogenated alkanes) is 1. The lowest BCUT2D eigenvalue weighted by Crippen LogP contribution is -2.01. The summed E-state index contributed by atoms with van der Waals surface area (Å²) in [6, 6.07) is 8.06. The van der Waals surface area contributed by atoms with E-state index < -0.39 is 0 Å². The van der Waals surface area contributed by atoms with Crippen molar-refractivity contribution in [3.63, 3.8) is 0 Å². The van der Waals surface area contributed by atoms with Crippen LogP contribution in [0.1, 0.15) is 83.4 Å². The molecule has 1 rings (SSSR count). The highest BCUT2D eigenvalue weighted by Gasteiger charge is 2.06. The van der Waals surface area contributed by atoms with Crippen molar-refractivity contribution in [1.29, 1.82) is 5.26 Å². The van der Waals surface area contributed by atoms with Gasteiger partial charge in [-0.05, 0) is 95.6 Å². The standard InChI is InChI=1S/C32H41N3/c1-8-11-13-16-28(10-3)24-34-27(7)32-20-19-29(23-33)22-30(32)17-14-12-15-18-31(35-25(4)5)21-26(6)9-2/h8-10,12,14,18-20,22,24H,1,3,11,13,15-17,21H2,2,4-7H3/b14-12+,26-9-,28-24+,31-18-,34-27+. The second kappa shape index (κ2) is 17.0. The monoisotopic (exact) mass is 467 g/mol. The number of nitrogens with zero attached hydrogens (tertiary/aromatic N) is 3. The summed E-state index contributed by atoms with van der Waals surface area (Å²) in [4.78, 5) is 9.39. The van der Waals surface area contributed by atoms with E-state index in [2.05, 4.69) is 62.4 Å². The van der Waals surface area contributed by atoms with E-state index in [4.69, 9.17) is 4.99 Å². The highest BCUT2D eigenvalue weighted by atomic mass is 14.7. The van der Waals surface area contributed by atoms with Crippen LogP contribution in [-0.4, -0.2) is 11.4 Å². The van der Waals surface area contributed by atoms with Crippen LogP contribution >= 0.6 is 0 Å². The first-order chi connectivity index (χ1) is 16.8. The van der Waals surface area contributed by atoms with Crippen LogP contribution in [0.25, 0.3) is 0 Å². The second-order valence-electron chi connectivity index (χ2n) is 8.76. The molecule has 184 valence electrons. The molecule has 0 bridgehead atoms. The number of rotatable bonds is 14. The average Bonchev–Trinajstić information content (AvgIpc) is 2.84. The molecule has 0 fully saturated rings. The summed E-state index contributed by atoms with van der Waals surface area (Å²) in [5, 5.41) is 9.39. The van der Waals surface area contributed by atoms with Crippen molar-refractivity contribution in [2.75, 3.05) is 0 Å². The molecule has 1 aromatic rings. The highest BCUT2D eigenvalue weighted by Crippen LogP contribution is 2.17. The topological polar surface area (TPSA) is 48.5 Å². The van der Waals surface area contributed by atoms with Gasteiger partial charge in [0.05, 0.1) is 11.6 Å². The van der Waals surface area contributed by atoms with Gasteiger partial charge in [-0.15, -0.1) is 6.58 Å². The summed E-state index contributed by atoms with van der Waals surface area (Å²) < 4.78 is 0. The largest absolute Gasteiger partial charge is 0.263 e. The first-order valence-electron chi connectivity index (χ1n) is 12.3. The fourth-order valence-corrected chi connectivity index (χ4v) is 3.45. The van der Waals surface area contributed by atoms with E-state index in [0.29, 0.717) is 5.56 Å². The van der Waals surface area contributed by atoms with Gasteiger partial charge < -0.3 is 0 Å². The summed E-state index contributed by atoms with van der Waals surface area (Å²) in [7, 11) is 0. The Balaban J connectivity index is 3.06. The second-order valence-corrected chi connectivity index (χ2v) is 8.76. The molecule has 0 atom stereocenters. The number of allylic oxidation sites excluding steroid dienone is 8. The normalized spacial score (nSPS) is 13.0. The maximum Gasteiger partial charge on any atom is 0.0991 e. The van der Waals surface area contributed by atoms with Gasteiger partial charge in [0.2, 0.25) is 0 Å². The number of aliphatic imine (C=N–C) groups is 2. The number of hydrogen-bond acceptors (Lipinski definition) is 3. The zero-order valence-electron chi connectivity index (χ0n) is 22.3. The minimum absolute atomic E-state index is 0.661. The lowest BCUT2D eigenvalue weighted by molar-refractivity contribution is 0.846. The maximum absolute atomic E-state index is 9.39. The minimum Gasteiger partial charge on any atom is -0.263 e. The van der Waals surface area contributed by atoms with E-state index in [0.717, 1.165) is 72.3 Å². The van der Waals surface area contributed by atoms with Crippen LogP contribution < -0.4 is 0 Å². The van der Waals surface area contributed by atoms with Crippen LogP contribution in [0.15, 0.2) is 101 Å². The first-order valence-corrected chi connectivity index (χ1v) is 12.3. The Kier molecular flexibility index (Phi) is 14.3. The van der Waals surface area contributed by atoms with Crippen molar-refractivity contribution in [3.8, 4) is 6.07 Å². The van der Waals surface area contributed by atoms with Gasteiger partial charge in [-0.25, -0.2) is 0 Å². The Bertz CT molecular complexity index is 1080. The van der Waals surface area contributed by atoms with Crippen LogP contribution in [0.4, 0.5) is 0 Å². The first kappa shape index (κ1) is 29.5. The van der Waals surface area contributed by atoms with Gasteiger partial charge in [-0.2, -0.15) is 5.26 Å². The Hall–Kier alpha value is -3.51. The molecule has 0 aliphatic heterocycles. The molecule has 0 N–H and O–H groups in total. The molecule has 0 aliphatic carbocycles. The third-order valence-corrected chi connectivity index (χ3v) is 5.50. The zero-order chi connectivity index (χ0) is 26.1. The van der Waals surface area contributed by atoms with Crippen molar-refractivity contribution in [2.24, 2.45) is 9.98 Å². The molecule has 0 heterocycles. The van der Waals surface area contributed by atoms with Crippen molar-refractivity contribution in [2.45, 2.75) is 73.1 Å². The van der Waals surface area contributed by atoms with Crippen LogP contribution in [0.2, 0.25) is 0 Å². The fraction of sp³-hybridized carbons (Fsp3) is 0.344. The molecule has 0 aromatic heterocycles. The third-order valence-electron chi connectivity index (χ3n) is 5.50. The Labute approximate surface area is 213 Å². The smallest absolute Gasteiger partial charge is 0.0991 e. The SMILES string of the molecule is C=CCCC/C(C=C)=C/N=C(\C)c1ccc(C#N)cc1C/C=C/C/C=C(/C/C(C)=C\C)N=C(C)C. The van der Waals surface area contributed by atoms with Crippen molar-refractivity contribution >= 4 is 11.4 Å². The lowest BCUT2D eigenvalue weighted by Gasteiger charge is -2.08. The van der Waals surface area contributed by atoms with Gasteiger partial charge in [0.1, 0.15) is 0 Å². The highest BCUT2D eigenvalue weighted by molar-refractivity contribution is 6.00. The molecule has 0 saturated carbocycles. The van der Waals surface area contributed by atoms with Crippen LogP contribution in [0, 0.1) is 11.3 Å². The van der Waals surface area contributed by atoms with Gasteiger partial charge in [0, 0.05) is 29.7 Å². The number of benzene rings is 1. The predicted octanol–water partition coefficient (Wildman–Crippen LogP) is 9.00. The zero-order valence-corrected chi connectivity index (χ0v) is 22.3. The molecular formula is C32H41N3. The molecule has 0 radical (unpaired) electrons. The Morgan fingerprint density at radius 1 is 1.11 bits per heavy atom. The van der Waals surface area contributed by atoms with Gasteiger partial charge in [0.15, 0.2) is 0 Å². The Morgan fingerprint density at radius 3 is 2.51 bits per heavy atom. The van der Waals surface area contributed by atoms with E-state index in [1.54, 1.807) is 0 Å². The molecule has 1 aromatic carbocycles. The molecule has 0 spiro atoms. The third kappa shape index (κ3) is 12.0.